The zero-order valence-corrected chi connectivity index (χ0v) is 18.2. The number of carbonyl (C=O) groups is 3. The fraction of sp³-hybridized carbons (Fsp3) is 0.240. The normalized spacial score (nSPS) is 25.4. The van der Waals surface area contributed by atoms with Crippen molar-refractivity contribution in [2.75, 3.05) is 18.6 Å². The number of benzene rings is 2. The summed E-state index contributed by atoms with van der Waals surface area (Å²) >= 11 is 6.19. The summed E-state index contributed by atoms with van der Waals surface area (Å²) in [7, 11) is 1.53. The highest BCUT2D eigenvalue weighted by Gasteiger charge is 2.63. The first kappa shape index (κ1) is 20.5. The molecule has 2 aromatic rings. The van der Waals surface area contributed by atoms with Crippen LogP contribution in [0.15, 0.2) is 61.2 Å². The number of likely N-dealkylation sites (tertiary alicyclic amines) is 1. The fourth-order valence-corrected chi connectivity index (χ4v) is 5.34. The molecule has 0 bridgehead atoms. The first-order valence-corrected chi connectivity index (χ1v) is 10.7. The van der Waals surface area contributed by atoms with E-state index in [1.807, 2.05) is 29.2 Å². The van der Waals surface area contributed by atoms with Gasteiger partial charge in [-0.3, -0.25) is 19.3 Å². The molecule has 2 fully saturated rings. The third-order valence-corrected chi connectivity index (χ3v) is 6.73. The van der Waals surface area contributed by atoms with Crippen molar-refractivity contribution in [3.05, 3.63) is 77.3 Å². The van der Waals surface area contributed by atoms with Gasteiger partial charge in [-0.05, 0) is 35.9 Å². The Morgan fingerprint density at radius 2 is 1.94 bits per heavy atom. The number of Topliss-reactive ketones (excluding diaryl/α,β-unsaturated/α-hetero) is 1. The highest BCUT2D eigenvalue weighted by molar-refractivity contribution is 6.30. The second-order valence-corrected chi connectivity index (χ2v) is 8.56. The molecule has 2 aromatic carbocycles. The van der Waals surface area contributed by atoms with Crippen LogP contribution in [0.3, 0.4) is 0 Å². The number of nitrogens with zero attached hydrogens (tertiary/aromatic N) is 2. The van der Waals surface area contributed by atoms with Gasteiger partial charge in [-0.2, -0.15) is 0 Å². The number of hydrogen-bond acceptors (Lipinski definition) is 5. The van der Waals surface area contributed by atoms with Crippen LogP contribution in [-0.2, 0) is 9.59 Å². The van der Waals surface area contributed by atoms with E-state index in [1.165, 1.54) is 18.1 Å². The number of amides is 2. The second-order valence-electron chi connectivity index (χ2n) is 8.13. The van der Waals surface area contributed by atoms with Gasteiger partial charge in [0.1, 0.15) is 11.8 Å². The van der Waals surface area contributed by atoms with Gasteiger partial charge in [0.25, 0.3) is 0 Å². The molecule has 4 atom stereocenters. The standard InChI is InChI=1S/C25H21ClN2O4/c1-3-11-27-24(30)20-19-9-7-14-12-16(26)8-10-18(14)28(19)22(21(20)25(27)31)23(29)15-5-4-6-17(13-15)32-2/h3-10,12-13,19-22H,1,11H2,2H3/t19-,20+,21+,22-/m0/s1. The lowest BCUT2D eigenvalue weighted by atomic mass is 9.86. The average Bonchev–Trinajstić information content (AvgIpc) is 3.27. The molecule has 162 valence electrons. The van der Waals surface area contributed by atoms with Gasteiger partial charge in [-0.1, -0.05) is 42.0 Å². The van der Waals surface area contributed by atoms with Gasteiger partial charge in [0.05, 0.1) is 25.0 Å². The molecule has 3 heterocycles. The molecular weight excluding hydrogens is 428 g/mol. The van der Waals surface area contributed by atoms with Gasteiger partial charge >= 0.3 is 0 Å². The van der Waals surface area contributed by atoms with Crippen LogP contribution in [-0.4, -0.2) is 48.2 Å². The molecule has 0 unspecified atom stereocenters. The van der Waals surface area contributed by atoms with Crippen molar-refractivity contribution in [3.63, 3.8) is 0 Å². The molecule has 0 aromatic heterocycles. The lowest BCUT2D eigenvalue weighted by molar-refractivity contribution is -0.139. The van der Waals surface area contributed by atoms with Crippen LogP contribution in [0, 0.1) is 11.8 Å². The Morgan fingerprint density at radius 1 is 1.16 bits per heavy atom. The third kappa shape index (κ3) is 2.90. The third-order valence-electron chi connectivity index (χ3n) is 6.49. The Labute approximate surface area is 190 Å². The Bertz CT molecular complexity index is 1190. The number of methoxy groups -OCH3 is 1. The number of ether oxygens (including phenoxy) is 1. The number of hydrogen-bond donors (Lipinski definition) is 0. The number of halogens is 1. The van der Waals surface area contributed by atoms with E-state index in [0.29, 0.717) is 16.3 Å². The summed E-state index contributed by atoms with van der Waals surface area (Å²) in [5.74, 6) is -1.69. The first-order chi connectivity index (χ1) is 15.5. The van der Waals surface area contributed by atoms with E-state index < -0.39 is 23.9 Å². The van der Waals surface area contributed by atoms with Crippen LogP contribution in [0.4, 0.5) is 5.69 Å². The smallest absolute Gasteiger partial charge is 0.236 e. The number of carbonyl (C=O) groups excluding carboxylic acids is 3. The Balaban J connectivity index is 1.66. The maximum atomic E-state index is 13.9. The first-order valence-electron chi connectivity index (χ1n) is 10.4. The van der Waals surface area contributed by atoms with E-state index in [4.69, 9.17) is 16.3 Å². The Morgan fingerprint density at radius 3 is 2.69 bits per heavy atom. The number of rotatable bonds is 5. The zero-order valence-electron chi connectivity index (χ0n) is 17.4. The summed E-state index contributed by atoms with van der Waals surface area (Å²) in [4.78, 5) is 43.6. The van der Waals surface area contributed by atoms with E-state index in [2.05, 4.69) is 6.58 Å². The van der Waals surface area contributed by atoms with E-state index in [-0.39, 0.29) is 24.1 Å². The van der Waals surface area contributed by atoms with Crippen molar-refractivity contribution >= 4 is 41.0 Å². The second kappa shape index (κ2) is 7.64. The minimum absolute atomic E-state index is 0.132. The van der Waals surface area contributed by atoms with Crippen molar-refractivity contribution in [3.8, 4) is 5.75 Å². The molecule has 2 saturated heterocycles. The predicted molar refractivity (Wildman–Crippen MR) is 122 cm³/mol. The summed E-state index contributed by atoms with van der Waals surface area (Å²) in [5, 5.41) is 0.575. The number of fused-ring (bicyclic) bond motifs is 5. The van der Waals surface area contributed by atoms with Crippen LogP contribution in [0.1, 0.15) is 15.9 Å². The van der Waals surface area contributed by atoms with Crippen LogP contribution < -0.4 is 9.64 Å². The Kier molecular flexibility index (Phi) is 4.90. The molecule has 0 N–H and O–H groups in total. The van der Waals surface area contributed by atoms with Gasteiger partial charge in [-0.25, -0.2) is 0 Å². The number of anilines is 1. The zero-order chi connectivity index (χ0) is 22.6. The summed E-state index contributed by atoms with van der Waals surface area (Å²) in [5.41, 5.74) is 2.06. The molecule has 0 spiro atoms. The molecule has 0 aliphatic carbocycles. The molecule has 0 saturated carbocycles. The van der Waals surface area contributed by atoms with Crippen molar-refractivity contribution in [2.45, 2.75) is 12.1 Å². The van der Waals surface area contributed by atoms with Gasteiger partial charge in [0, 0.05) is 22.8 Å². The van der Waals surface area contributed by atoms with Crippen molar-refractivity contribution in [1.82, 2.24) is 4.90 Å². The minimum atomic E-state index is -0.826. The maximum Gasteiger partial charge on any atom is 0.236 e. The Hall–Kier alpha value is -3.38. The van der Waals surface area contributed by atoms with E-state index in [1.54, 1.807) is 30.3 Å². The van der Waals surface area contributed by atoms with Gasteiger partial charge < -0.3 is 9.64 Å². The van der Waals surface area contributed by atoms with Gasteiger partial charge in [-0.15, -0.1) is 6.58 Å². The van der Waals surface area contributed by atoms with Gasteiger partial charge in [0.15, 0.2) is 5.78 Å². The lowest BCUT2D eigenvalue weighted by Gasteiger charge is -2.36. The largest absolute Gasteiger partial charge is 0.497 e. The average molecular weight is 449 g/mol. The van der Waals surface area contributed by atoms with Gasteiger partial charge in [0.2, 0.25) is 11.8 Å². The minimum Gasteiger partial charge on any atom is -0.497 e. The van der Waals surface area contributed by atoms with Crippen molar-refractivity contribution in [1.29, 1.82) is 0 Å². The highest BCUT2D eigenvalue weighted by Crippen LogP contribution is 2.49. The van der Waals surface area contributed by atoms with Crippen molar-refractivity contribution < 1.29 is 19.1 Å². The molecule has 2 amide bonds. The van der Waals surface area contributed by atoms with Crippen LogP contribution >= 0.6 is 11.6 Å². The molecular formula is C25H21ClN2O4. The lowest BCUT2D eigenvalue weighted by Crippen LogP contribution is -2.48. The number of imide groups is 1. The predicted octanol–water partition coefficient (Wildman–Crippen LogP) is 3.60. The van der Waals surface area contributed by atoms with Crippen LogP contribution in [0.5, 0.6) is 5.75 Å². The van der Waals surface area contributed by atoms with E-state index >= 15 is 0 Å². The molecule has 0 radical (unpaired) electrons. The van der Waals surface area contributed by atoms with Crippen molar-refractivity contribution in [2.24, 2.45) is 11.8 Å². The summed E-state index contributed by atoms with van der Waals surface area (Å²) in [6.07, 6.45) is 5.34. The molecule has 5 rings (SSSR count). The monoisotopic (exact) mass is 448 g/mol. The molecule has 7 heteroatoms. The summed E-state index contributed by atoms with van der Waals surface area (Å²) < 4.78 is 5.29. The van der Waals surface area contributed by atoms with E-state index in [0.717, 1.165) is 11.3 Å². The highest BCUT2D eigenvalue weighted by atomic mass is 35.5. The molecule has 32 heavy (non-hydrogen) atoms. The SMILES string of the molecule is C=CCN1C(=O)[C@@H]2[C@H](C1=O)[C@@H]1C=Cc3cc(Cl)ccc3N1[C@@H]2C(=O)c1cccc(OC)c1. The molecule has 6 nitrogen and oxygen atoms in total. The molecule has 3 aliphatic heterocycles. The summed E-state index contributed by atoms with van der Waals surface area (Å²) in [6.45, 7) is 3.80. The van der Waals surface area contributed by atoms with Crippen LogP contribution in [0.25, 0.3) is 6.08 Å². The quantitative estimate of drug-likeness (QED) is 0.397. The van der Waals surface area contributed by atoms with E-state index in [9.17, 15) is 14.4 Å². The maximum absolute atomic E-state index is 13.9. The topological polar surface area (TPSA) is 66.9 Å². The number of ketones is 1. The fourth-order valence-electron chi connectivity index (χ4n) is 5.16. The summed E-state index contributed by atoms with van der Waals surface area (Å²) in [6, 6.07) is 11.1. The van der Waals surface area contributed by atoms with Crippen LogP contribution in [0.2, 0.25) is 5.02 Å². The molecule has 3 aliphatic rings.